The van der Waals surface area contributed by atoms with Gasteiger partial charge in [-0.3, -0.25) is 9.69 Å². The van der Waals surface area contributed by atoms with Crippen molar-refractivity contribution in [3.05, 3.63) is 101 Å². The zero-order chi connectivity index (χ0) is 21.6. The molecule has 1 unspecified atom stereocenters. The molecule has 0 spiro atoms. The molecule has 1 atom stereocenters. The number of rotatable bonds is 7. The van der Waals surface area contributed by atoms with Crippen LogP contribution in [-0.2, 0) is 12.8 Å². The van der Waals surface area contributed by atoms with Crippen LogP contribution in [0.2, 0.25) is 0 Å². The van der Waals surface area contributed by atoms with E-state index in [9.17, 15) is 9.90 Å². The summed E-state index contributed by atoms with van der Waals surface area (Å²) in [4.78, 5) is 15.9. The van der Waals surface area contributed by atoms with E-state index in [4.69, 9.17) is 0 Å². The third-order valence-corrected chi connectivity index (χ3v) is 6.51. The fourth-order valence-electron chi connectivity index (χ4n) is 4.67. The minimum absolute atomic E-state index is 0.177. The van der Waals surface area contributed by atoms with Crippen LogP contribution in [0.1, 0.15) is 39.9 Å². The second-order valence-electron chi connectivity index (χ2n) is 8.74. The largest absolute Gasteiger partial charge is 0.508 e. The number of aryl methyl sites for hydroxylation is 1. The Hall–Kier alpha value is -2.91. The number of phenols is 1. The molecule has 160 valence electrons. The maximum atomic E-state index is 13.5. The Morgan fingerprint density at radius 3 is 2.23 bits per heavy atom. The van der Waals surface area contributed by atoms with Crippen molar-refractivity contribution >= 4 is 5.78 Å². The van der Waals surface area contributed by atoms with E-state index in [1.54, 1.807) is 6.07 Å². The van der Waals surface area contributed by atoms with E-state index in [0.717, 1.165) is 49.0 Å². The van der Waals surface area contributed by atoms with Crippen molar-refractivity contribution in [1.82, 2.24) is 4.90 Å². The fraction of sp³-hybridized carbons (Fsp3) is 0.321. The van der Waals surface area contributed by atoms with Crippen LogP contribution in [-0.4, -0.2) is 34.9 Å². The Balaban J connectivity index is 1.49. The Labute approximate surface area is 185 Å². The Bertz CT molecular complexity index is 992. The first-order chi connectivity index (χ1) is 15.1. The molecule has 1 aliphatic heterocycles. The lowest BCUT2D eigenvalue weighted by Crippen LogP contribution is -2.47. The predicted molar refractivity (Wildman–Crippen MR) is 126 cm³/mol. The molecule has 1 saturated heterocycles. The van der Waals surface area contributed by atoms with Crippen LogP contribution in [0.5, 0.6) is 5.75 Å². The number of nitrogens with zero attached hydrogens (tertiary/aromatic N) is 1. The van der Waals surface area contributed by atoms with Crippen LogP contribution < -0.4 is 0 Å². The van der Waals surface area contributed by atoms with Gasteiger partial charge in [0.25, 0.3) is 0 Å². The molecule has 3 heteroatoms. The molecule has 0 bridgehead atoms. The molecule has 4 rings (SSSR count). The van der Waals surface area contributed by atoms with E-state index >= 15 is 0 Å². The monoisotopic (exact) mass is 413 g/mol. The molecule has 1 heterocycles. The molecule has 31 heavy (non-hydrogen) atoms. The second-order valence-corrected chi connectivity index (χ2v) is 8.74. The van der Waals surface area contributed by atoms with Gasteiger partial charge in [-0.2, -0.15) is 0 Å². The van der Waals surface area contributed by atoms with Crippen LogP contribution in [0, 0.1) is 12.8 Å². The summed E-state index contributed by atoms with van der Waals surface area (Å²) in [6, 6.07) is 25.9. The van der Waals surface area contributed by atoms with Gasteiger partial charge in [0.1, 0.15) is 5.75 Å². The molecule has 3 aromatic rings. The number of hydrogen-bond donors (Lipinski definition) is 1. The number of carbonyl (C=O) groups is 1. The van der Waals surface area contributed by atoms with Crippen LogP contribution in [0.15, 0.2) is 78.9 Å². The molecule has 0 saturated carbocycles. The standard InChI is InChI=1S/C28H31NO2/c1-21-18-24(12-13-27(21)30)20-26(28(31)25-10-6-3-7-11-25)29-16-14-23(15-17-29)19-22-8-4-2-5-9-22/h2-13,18,23,26,30H,14-17,19-20H2,1H3. The number of Topliss-reactive ketones (excluding diaryl/α,β-unsaturated/α-hetero) is 1. The third-order valence-electron chi connectivity index (χ3n) is 6.51. The highest BCUT2D eigenvalue weighted by molar-refractivity contribution is 6.00. The van der Waals surface area contributed by atoms with Gasteiger partial charge < -0.3 is 5.11 Å². The van der Waals surface area contributed by atoms with E-state index in [1.165, 1.54) is 5.56 Å². The Morgan fingerprint density at radius 2 is 1.58 bits per heavy atom. The predicted octanol–water partition coefficient (Wildman–Crippen LogP) is 5.45. The summed E-state index contributed by atoms with van der Waals surface area (Å²) in [5.41, 5.74) is 4.12. The lowest BCUT2D eigenvalue weighted by atomic mass is 9.87. The number of aromatic hydroxyl groups is 1. The molecule has 1 aliphatic rings. The number of likely N-dealkylation sites (tertiary alicyclic amines) is 1. The van der Waals surface area contributed by atoms with E-state index in [2.05, 4.69) is 35.2 Å². The van der Waals surface area contributed by atoms with Crippen molar-refractivity contribution in [2.75, 3.05) is 13.1 Å². The molecule has 0 radical (unpaired) electrons. The Kier molecular flexibility index (Phi) is 6.83. The number of ketones is 1. The average Bonchev–Trinajstić information content (AvgIpc) is 2.81. The van der Waals surface area contributed by atoms with Crippen molar-refractivity contribution in [2.45, 2.75) is 38.6 Å². The quantitative estimate of drug-likeness (QED) is 0.524. The lowest BCUT2D eigenvalue weighted by molar-refractivity contribution is 0.0741. The van der Waals surface area contributed by atoms with Crippen molar-refractivity contribution < 1.29 is 9.90 Å². The summed E-state index contributed by atoms with van der Waals surface area (Å²) in [5, 5.41) is 9.89. The van der Waals surface area contributed by atoms with Gasteiger partial charge in [-0.05, 0) is 74.4 Å². The van der Waals surface area contributed by atoms with E-state index in [-0.39, 0.29) is 11.8 Å². The second kappa shape index (κ2) is 9.93. The minimum atomic E-state index is -0.177. The maximum Gasteiger partial charge on any atom is 0.180 e. The molecule has 3 aromatic carbocycles. The minimum Gasteiger partial charge on any atom is -0.508 e. The van der Waals surface area contributed by atoms with E-state index < -0.39 is 0 Å². The molecule has 0 amide bonds. The summed E-state index contributed by atoms with van der Waals surface area (Å²) >= 11 is 0. The smallest absolute Gasteiger partial charge is 0.180 e. The summed E-state index contributed by atoms with van der Waals surface area (Å²) < 4.78 is 0. The number of carbonyl (C=O) groups excluding carboxylic acids is 1. The van der Waals surface area contributed by atoms with Crippen LogP contribution in [0.25, 0.3) is 0 Å². The Morgan fingerprint density at radius 1 is 0.935 bits per heavy atom. The van der Waals surface area contributed by atoms with Crippen LogP contribution in [0.3, 0.4) is 0 Å². The van der Waals surface area contributed by atoms with Crippen molar-refractivity contribution in [3.63, 3.8) is 0 Å². The summed E-state index contributed by atoms with van der Waals surface area (Å²) in [6.45, 7) is 3.79. The third kappa shape index (κ3) is 5.42. The van der Waals surface area contributed by atoms with Gasteiger partial charge in [0.2, 0.25) is 0 Å². The molecule has 1 N–H and O–H groups in total. The normalized spacial score (nSPS) is 16.2. The van der Waals surface area contributed by atoms with E-state index in [0.29, 0.717) is 18.1 Å². The van der Waals surface area contributed by atoms with Gasteiger partial charge in [-0.25, -0.2) is 0 Å². The molecule has 0 aromatic heterocycles. The topological polar surface area (TPSA) is 40.5 Å². The highest BCUT2D eigenvalue weighted by Gasteiger charge is 2.30. The molecule has 1 fully saturated rings. The average molecular weight is 414 g/mol. The van der Waals surface area contributed by atoms with Crippen molar-refractivity contribution in [1.29, 1.82) is 0 Å². The van der Waals surface area contributed by atoms with Gasteiger partial charge in [0, 0.05) is 5.56 Å². The summed E-state index contributed by atoms with van der Waals surface area (Å²) in [6.07, 6.45) is 4.01. The van der Waals surface area contributed by atoms with E-state index in [1.807, 2.05) is 49.4 Å². The molecule has 0 aliphatic carbocycles. The van der Waals surface area contributed by atoms with Gasteiger partial charge >= 0.3 is 0 Å². The lowest BCUT2D eigenvalue weighted by Gasteiger charge is -2.37. The number of hydrogen-bond acceptors (Lipinski definition) is 3. The SMILES string of the molecule is Cc1cc(CC(C(=O)c2ccccc2)N2CCC(Cc3ccccc3)CC2)ccc1O. The van der Waals surface area contributed by atoms with Crippen LogP contribution in [0.4, 0.5) is 0 Å². The zero-order valence-electron chi connectivity index (χ0n) is 18.2. The number of phenolic OH excluding ortho intramolecular Hbond substituents is 1. The molecule has 3 nitrogen and oxygen atoms in total. The first kappa shape index (κ1) is 21.3. The fourth-order valence-corrected chi connectivity index (χ4v) is 4.67. The number of piperidine rings is 1. The zero-order valence-corrected chi connectivity index (χ0v) is 18.2. The number of benzene rings is 3. The molecular formula is C28H31NO2. The summed E-state index contributed by atoms with van der Waals surface area (Å²) in [5.74, 6) is 1.16. The van der Waals surface area contributed by atoms with Gasteiger partial charge in [-0.1, -0.05) is 72.8 Å². The van der Waals surface area contributed by atoms with Gasteiger partial charge in [0.05, 0.1) is 6.04 Å². The van der Waals surface area contributed by atoms with Gasteiger partial charge in [0.15, 0.2) is 5.78 Å². The summed E-state index contributed by atoms with van der Waals surface area (Å²) in [7, 11) is 0. The molecular weight excluding hydrogens is 382 g/mol. The van der Waals surface area contributed by atoms with Crippen molar-refractivity contribution in [3.8, 4) is 5.75 Å². The first-order valence-corrected chi connectivity index (χ1v) is 11.3. The maximum absolute atomic E-state index is 13.5. The van der Waals surface area contributed by atoms with Crippen molar-refractivity contribution in [2.24, 2.45) is 5.92 Å². The first-order valence-electron chi connectivity index (χ1n) is 11.3. The van der Waals surface area contributed by atoms with Gasteiger partial charge in [-0.15, -0.1) is 0 Å². The van der Waals surface area contributed by atoms with Crippen LogP contribution >= 0.6 is 0 Å². The highest BCUT2D eigenvalue weighted by Crippen LogP contribution is 2.26. The highest BCUT2D eigenvalue weighted by atomic mass is 16.3.